The maximum Gasteiger partial charge on any atom is 0.435 e. The van der Waals surface area contributed by atoms with Gasteiger partial charge >= 0.3 is 18.0 Å². The third-order valence-electron chi connectivity index (χ3n) is 6.53. The first-order valence-electron chi connectivity index (χ1n) is 11.1. The van der Waals surface area contributed by atoms with E-state index in [2.05, 4.69) is 0 Å². The molecule has 1 saturated heterocycles. The summed E-state index contributed by atoms with van der Waals surface area (Å²) >= 11 is 0. The van der Waals surface area contributed by atoms with Crippen LogP contribution in [0.3, 0.4) is 0 Å². The lowest BCUT2D eigenvalue weighted by Crippen LogP contribution is -2.50. The summed E-state index contributed by atoms with van der Waals surface area (Å²) in [5.41, 5.74) is -6.02. The number of alkyl halides is 7. The monoisotopic (exact) mass is 547 g/mol. The first kappa shape index (κ1) is 27.3. The van der Waals surface area contributed by atoms with Crippen LogP contribution in [0.15, 0.2) is 83.8 Å². The van der Waals surface area contributed by atoms with Crippen LogP contribution >= 0.6 is 0 Å². The predicted molar refractivity (Wildman–Crippen MR) is 122 cm³/mol. The predicted octanol–water partition coefficient (Wildman–Crippen LogP) is 7.02. The van der Waals surface area contributed by atoms with Gasteiger partial charge in [0.25, 0.3) is 0 Å². The lowest BCUT2D eigenvalue weighted by atomic mass is 9.90. The number of hydrogen-bond acceptors (Lipinski definition) is 2. The number of halogens is 8. The van der Waals surface area contributed by atoms with Crippen LogP contribution in [-0.4, -0.2) is 34.6 Å². The highest BCUT2D eigenvalue weighted by Crippen LogP contribution is 2.53. The van der Waals surface area contributed by atoms with Gasteiger partial charge in [-0.05, 0) is 41.8 Å². The molecule has 3 aromatic rings. The topological polar surface area (TPSA) is 20.3 Å². The minimum atomic E-state index is -6.23. The molecule has 0 spiro atoms. The van der Waals surface area contributed by atoms with Crippen LogP contribution in [-0.2, 0) is 27.8 Å². The van der Waals surface area contributed by atoms with Gasteiger partial charge in [0.2, 0.25) is 0 Å². The first-order chi connectivity index (χ1) is 17.3. The highest BCUT2D eigenvalue weighted by molar-refractivity contribution is 7.86. The largest absolute Gasteiger partial charge is 0.435 e. The van der Waals surface area contributed by atoms with E-state index in [9.17, 15) is 39.3 Å². The molecule has 198 valence electrons. The van der Waals surface area contributed by atoms with Gasteiger partial charge in [-0.3, -0.25) is 9.11 Å². The van der Waals surface area contributed by atoms with Crippen LogP contribution in [0.5, 0.6) is 0 Å². The van der Waals surface area contributed by atoms with Gasteiger partial charge in [0, 0.05) is 30.1 Å². The molecule has 1 fully saturated rings. The summed E-state index contributed by atoms with van der Waals surface area (Å²) < 4.78 is 120. The Balaban J connectivity index is 1.74. The van der Waals surface area contributed by atoms with E-state index in [0.717, 1.165) is 29.8 Å². The number of nitrogens with zero attached hydrogens (tertiary/aromatic N) is 1. The van der Waals surface area contributed by atoms with Gasteiger partial charge in [-0.1, -0.05) is 54.6 Å². The Morgan fingerprint density at radius 1 is 0.784 bits per heavy atom. The molecule has 1 heterocycles. The molecule has 2 nitrogen and oxygen atoms in total. The number of benzene rings is 3. The summed E-state index contributed by atoms with van der Waals surface area (Å²) in [7, 11) is -1.86. The fourth-order valence-electron chi connectivity index (χ4n) is 4.60. The molecule has 0 bridgehead atoms. The van der Waals surface area contributed by atoms with Crippen LogP contribution < -0.4 is 0 Å². The second-order valence-electron chi connectivity index (χ2n) is 8.89. The minimum Gasteiger partial charge on any atom is -0.297 e. The van der Waals surface area contributed by atoms with Gasteiger partial charge in [-0.25, -0.2) is 8.78 Å². The second-order valence-corrected chi connectivity index (χ2v) is 10.7. The molecule has 0 aliphatic carbocycles. The summed E-state index contributed by atoms with van der Waals surface area (Å²) in [6, 6.07) is 17.0. The molecule has 2 atom stereocenters. The average Bonchev–Trinajstić information content (AvgIpc) is 3.27. The number of rotatable bonds is 6. The minimum absolute atomic E-state index is 0.157. The van der Waals surface area contributed by atoms with Crippen LogP contribution in [0, 0.1) is 5.82 Å². The van der Waals surface area contributed by atoms with Gasteiger partial charge in [0.15, 0.2) is 0 Å². The summed E-state index contributed by atoms with van der Waals surface area (Å²) in [5, 5.41) is 0. The molecule has 0 saturated carbocycles. The Labute approximate surface area is 210 Å². The van der Waals surface area contributed by atoms with Gasteiger partial charge in [0.05, 0.1) is 15.5 Å². The van der Waals surface area contributed by atoms with Gasteiger partial charge in [-0.2, -0.15) is 26.3 Å². The quantitative estimate of drug-likeness (QED) is 0.309. The average molecular weight is 548 g/mol. The lowest BCUT2D eigenvalue weighted by Gasteiger charge is -2.32. The number of likely N-dealkylation sites (tertiary alicyclic amines) is 1. The van der Waals surface area contributed by atoms with Crippen molar-refractivity contribution in [2.75, 3.05) is 13.1 Å². The Kier molecular flexibility index (Phi) is 7.24. The Bertz CT molecular complexity index is 1230. The van der Waals surface area contributed by atoms with E-state index in [1.807, 2.05) is 35.2 Å². The third kappa shape index (κ3) is 5.03. The van der Waals surface area contributed by atoms with Gasteiger partial charge < -0.3 is 0 Å². The molecule has 3 aromatic carbocycles. The molecule has 0 N–H and O–H groups in total. The molecule has 0 aromatic heterocycles. The highest BCUT2D eigenvalue weighted by Gasteiger charge is 2.73. The SMILES string of the molecule is O=S(c1ccc(F)cc1)C1(c2ccc(C(F)(C(F)(F)F)C(F)(F)F)cc2)CCN(Cc2ccccc2)C1. The summed E-state index contributed by atoms with van der Waals surface area (Å²) in [5.74, 6) is -0.560. The molecule has 0 radical (unpaired) electrons. The molecular formula is C26H21F8NOS. The van der Waals surface area contributed by atoms with E-state index in [-0.39, 0.29) is 23.4 Å². The standard InChI is InChI=1S/C26H21F8NOS/c27-21-10-12-22(13-11-21)37(36)23(14-15-35(17-23)16-18-4-2-1-3-5-18)19-6-8-20(9-7-19)24(28,25(29,30)31)26(32,33)34/h1-13H,14-17H2. The van der Waals surface area contributed by atoms with Crippen molar-refractivity contribution in [1.82, 2.24) is 4.90 Å². The van der Waals surface area contributed by atoms with E-state index in [4.69, 9.17) is 0 Å². The Morgan fingerprint density at radius 3 is 1.89 bits per heavy atom. The van der Waals surface area contributed by atoms with Crippen molar-refractivity contribution in [2.45, 2.75) is 40.6 Å². The smallest absolute Gasteiger partial charge is 0.297 e. The van der Waals surface area contributed by atoms with Crippen molar-refractivity contribution in [3.05, 3.63) is 101 Å². The fraction of sp³-hybridized carbons (Fsp3) is 0.308. The molecule has 11 heteroatoms. The first-order valence-corrected chi connectivity index (χ1v) is 12.3. The van der Waals surface area contributed by atoms with Crippen LogP contribution in [0.2, 0.25) is 0 Å². The van der Waals surface area contributed by atoms with E-state index in [1.54, 1.807) is 0 Å². The lowest BCUT2D eigenvalue weighted by molar-refractivity contribution is -0.348. The molecule has 2 unspecified atom stereocenters. The summed E-state index contributed by atoms with van der Waals surface area (Å²) in [6.45, 7) is 1.06. The van der Waals surface area contributed by atoms with E-state index in [1.165, 1.54) is 12.1 Å². The second kappa shape index (κ2) is 9.83. The maximum atomic E-state index is 14.6. The zero-order chi connectivity index (χ0) is 27.1. The Morgan fingerprint density at radius 2 is 1.35 bits per heavy atom. The third-order valence-corrected chi connectivity index (χ3v) is 8.51. The Hall–Kier alpha value is -2.79. The molecular weight excluding hydrogens is 526 g/mol. The van der Waals surface area contributed by atoms with Crippen LogP contribution in [0.1, 0.15) is 23.1 Å². The maximum absolute atomic E-state index is 14.6. The molecule has 4 rings (SSSR count). The zero-order valence-corrected chi connectivity index (χ0v) is 19.9. The number of hydrogen-bond donors (Lipinski definition) is 0. The van der Waals surface area contributed by atoms with Gasteiger partial charge in [-0.15, -0.1) is 0 Å². The fourth-order valence-corrected chi connectivity index (χ4v) is 6.37. The zero-order valence-electron chi connectivity index (χ0n) is 19.1. The van der Waals surface area contributed by atoms with Crippen molar-refractivity contribution < 1.29 is 39.3 Å². The van der Waals surface area contributed by atoms with E-state index < -0.39 is 44.9 Å². The van der Waals surface area contributed by atoms with E-state index in [0.29, 0.717) is 25.2 Å². The van der Waals surface area contributed by atoms with Crippen molar-refractivity contribution in [2.24, 2.45) is 0 Å². The van der Waals surface area contributed by atoms with E-state index >= 15 is 0 Å². The molecule has 1 aliphatic heterocycles. The summed E-state index contributed by atoms with van der Waals surface area (Å²) in [6.07, 6.45) is -12.2. The molecule has 0 amide bonds. The van der Waals surface area contributed by atoms with Crippen molar-refractivity contribution in [3.8, 4) is 0 Å². The van der Waals surface area contributed by atoms with Crippen LogP contribution in [0.4, 0.5) is 35.1 Å². The highest BCUT2D eigenvalue weighted by atomic mass is 32.2. The normalized spacial score (nSPS) is 20.2. The van der Waals surface area contributed by atoms with Gasteiger partial charge in [0.1, 0.15) is 5.82 Å². The summed E-state index contributed by atoms with van der Waals surface area (Å²) in [4.78, 5) is 2.22. The molecule has 37 heavy (non-hydrogen) atoms. The van der Waals surface area contributed by atoms with Crippen molar-refractivity contribution in [1.29, 1.82) is 0 Å². The van der Waals surface area contributed by atoms with Crippen LogP contribution in [0.25, 0.3) is 0 Å². The van der Waals surface area contributed by atoms with Crippen molar-refractivity contribution in [3.63, 3.8) is 0 Å². The van der Waals surface area contributed by atoms with Crippen molar-refractivity contribution >= 4 is 10.8 Å². The molecule has 1 aliphatic rings.